The Morgan fingerprint density at radius 1 is 1.17 bits per heavy atom. The first-order valence-electron chi connectivity index (χ1n) is 6.49. The summed E-state index contributed by atoms with van der Waals surface area (Å²) in [6.07, 6.45) is 2.39. The van der Waals surface area contributed by atoms with Crippen LogP contribution >= 0.6 is 0 Å². The van der Waals surface area contributed by atoms with Gasteiger partial charge >= 0.3 is 0 Å². The number of carbonyl (C=O) groups is 1. The molecule has 1 aliphatic rings. The highest BCUT2D eigenvalue weighted by atomic mass is 16.5. The Labute approximate surface area is 109 Å². The van der Waals surface area contributed by atoms with Crippen LogP contribution in [0.5, 0.6) is 5.75 Å². The molecule has 0 atom stereocenters. The molecular formula is C15H21NO2. The Balaban J connectivity index is 2.18. The zero-order chi connectivity index (χ0) is 13.2. The molecule has 98 valence electrons. The number of ether oxygens (including phenoxy) is 1. The van der Waals surface area contributed by atoms with Crippen molar-refractivity contribution in [1.82, 2.24) is 4.90 Å². The molecule has 3 heteroatoms. The van der Waals surface area contributed by atoms with E-state index in [0.717, 1.165) is 24.4 Å². The molecule has 1 aromatic carbocycles. The van der Waals surface area contributed by atoms with Crippen molar-refractivity contribution in [3.05, 3.63) is 29.8 Å². The van der Waals surface area contributed by atoms with Gasteiger partial charge in [0.1, 0.15) is 5.75 Å². The number of rotatable bonds is 4. The van der Waals surface area contributed by atoms with E-state index in [4.69, 9.17) is 4.74 Å². The minimum atomic E-state index is -0.412. The molecule has 0 radical (unpaired) electrons. The lowest BCUT2D eigenvalue weighted by Gasteiger charge is -2.33. The van der Waals surface area contributed by atoms with Gasteiger partial charge in [-0.2, -0.15) is 0 Å². The van der Waals surface area contributed by atoms with Crippen molar-refractivity contribution >= 4 is 5.78 Å². The third kappa shape index (κ3) is 2.41. The summed E-state index contributed by atoms with van der Waals surface area (Å²) >= 11 is 0. The number of hydrogen-bond donors (Lipinski definition) is 0. The molecule has 1 aromatic rings. The standard InChI is InChI=1S/C15H21NO2/c1-15(2,16-10-4-5-11-16)14(17)12-6-8-13(18-3)9-7-12/h6-9H,4-5,10-11H2,1-3H3. The van der Waals surface area contributed by atoms with Crippen molar-refractivity contribution in [2.75, 3.05) is 20.2 Å². The van der Waals surface area contributed by atoms with Crippen LogP contribution in [0.25, 0.3) is 0 Å². The lowest BCUT2D eigenvalue weighted by Crippen LogP contribution is -2.48. The molecule has 1 fully saturated rings. The van der Waals surface area contributed by atoms with Gasteiger partial charge in [0, 0.05) is 5.56 Å². The van der Waals surface area contributed by atoms with Gasteiger partial charge in [-0.25, -0.2) is 0 Å². The summed E-state index contributed by atoms with van der Waals surface area (Å²) in [6, 6.07) is 7.37. The van der Waals surface area contributed by atoms with Crippen LogP contribution in [0.15, 0.2) is 24.3 Å². The van der Waals surface area contributed by atoms with E-state index in [1.165, 1.54) is 12.8 Å². The zero-order valence-electron chi connectivity index (χ0n) is 11.4. The number of carbonyl (C=O) groups excluding carboxylic acids is 1. The summed E-state index contributed by atoms with van der Waals surface area (Å²) in [5.74, 6) is 0.970. The van der Waals surface area contributed by atoms with E-state index < -0.39 is 5.54 Å². The number of ketones is 1. The molecule has 1 heterocycles. The maximum Gasteiger partial charge on any atom is 0.182 e. The summed E-state index contributed by atoms with van der Waals surface area (Å²) < 4.78 is 5.11. The quantitative estimate of drug-likeness (QED) is 0.766. The minimum absolute atomic E-state index is 0.187. The lowest BCUT2D eigenvalue weighted by molar-refractivity contribution is 0.0702. The maximum atomic E-state index is 12.6. The lowest BCUT2D eigenvalue weighted by atomic mass is 9.91. The third-order valence-corrected chi connectivity index (χ3v) is 3.80. The molecule has 0 bridgehead atoms. The molecule has 18 heavy (non-hydrogen) atoms. The van der Waals surface area contributed by atoms with Crippen molar-refractivity contribution < 1.29 is 9.53 Å². The molecule has 0 aliphatic carbocycles. The van der Waals surface area contributed by atoms with Gasteiger partial charge in [0.05, 0.1) is 12.6 Å². The average molecular weight is 247 g/mol. The largest absolute Gasteiger partial charge is 0.497 e. The first kappa shape index (κ1) is 13.1. The highest BCUT2D eigenvalue weighted by Gasteiger charge is 2.36. The molecule has 0 amide bonds. The second-order valence-electron chi connectivity index (χ2n) is 5.31. The van der Waals surface area contributed by atoms with Crippen LogP contribution < -0.4 is 4.74 Å². The summed E-state index contributed by atoms with van der Waals surface area (Å²) in [4.78, 5) is 14.8. The molecule has 3 nitrogen and oxygen atoms in total. The van der Waals surface area contributed by atoms with Crippen molar-refractivity contribution in [3.63, 3.8) is 0 Å². The first-order chi connectivity index (χ1) is 8.55. The fraction of sp³-hybridized carbons (Fsp3) is 0.533. The third-order valence-electron chi connectivity index (χ3n) is 3.80. The summed E-state index contributed by atoms with van der Waals surface area (Å²) in [7, 11) is 1.63. The van der Waals surface area contributed by atoms with Gasteiger partial charge in [0.2, 0.25) is 0 Å². The Bertz CT molecular complexity index is 417. The molecule has 0 aromatic heterocycles. The van der Waals surface area contributed by atoms with Crippen molar-refractivity contribution in [3.8, 4) is 5.75 Å². The number of nitrogens with zero attached hydrogens (tertiary/aromatic N) is 1. The van der Waals surface area contributed by atoms with Crippen molar-refractivity contribution in [2.45, 2.75) is 32.2 Å². The summed E-state index contributed by atoms with van der Waals surface area (Å²) in [6.45, 7) is 6.08. The van der Waals surface area contributed by atoms with Gasteiger partial charge < -0.3 is 4.74 Å². The van der Waals surface area contributed by atoms with Gasteiger partial charge in [0.25, 0.3) is 0 Å². The summed E-state index contributed by atoms with van der Waals surface area (Å²) in [5.41, 5.74) is 0.346. The van der Waals surface area contributed by atoms with Crippen LogP contribution in [-0.2, 0) is 0 Å². The minimum Gasteiger partial charge on any atom is -0.497 e. The first-order valence-corrected chi connectivity index (χ1v) is 6.49. The Kier molecular flexibility index (Phi) is 3.71. The monoisotopic (exact) mass is 247 g/mol. The average Bonchev–Trinajstić information content (AvgIpc) is 2.92. The fourth-order valence-electron chi connectivity index (χ4n) is 2.52. The Morgan fingerprint density at radius 3 is 2.22 bits per heavy atom. The second kappa shape index (κ2) is 5.11. The Morgan fingerprint density at radius 2 is 1.72 bits per heavy atom. The van der Waals surface area contributed by atoms with Crippen LogP contribution in [-0.4, -0.2) is 36.4 Å². The van der Waals surface area contributed by atoms with E-state index in [0.29, 0.717) is 0 Å². The van der Waals surface area contributed by atoms with Crippen molar-refractivity contribution in [2.24, 2.45) is 0 Å². The predicted molar refractivity (Wildman–Crippen MR) is 72.2 cm³/mol. The molecule has 2 rings (SSSR count). The van der Waals surface area contributed by atoms with Gasteiger partial charge in [0.15, 0.2) is 5.78 Å². The number of hydrogen-bond acceptors (Lipinski definition) is 3. The molecule has 1 aliphatic heterocycles. The van der Waals surface area contributed by atoms with Gasteiger partial charge in [-0.15, -0.1) is 0 Å². The molecule has 0 saturated carbocycles. The maximum absolute atomic E-state index is 12.6. The Hall–Kier alpha value is -1.35. The van der Waals surface area contributed by atoms with Crippen LogP contribution in [0.1, 0.15) is 37.0 Å². The van der Waals surface area contributed by atoms with Crippen LogP contribution in [0.2, 0.25) is 0 Å². The number of Topliss-reactive ketones (excluding diaryl/α,β-unsaturated/α-hetero) is 1. The fourth-order valence-corrected chi connectivity index (χ4v) is 2.52. The normalized spacial score (nSPS) is 16.8. The number of likely N-dealkylation sites (tertiary alicyclic amines) is 1. The SMILES string of the molecule is COc1ccc(C(=O)C(C)(C)N2CCCC2)cc1. The van der Waals surface area contributed by atoms with E-state index in [-0.39, 0.29) is 5.78 Å². The van der Waals surface area contributed by atoms with E-state index >= 15 is 0 Å². The highest BCUT2D eigenvalue weighted by molar-refractivity contribution is 6.02. The van der Waals surface area contributed by atoms with E-state index in [1.54, 1.807) is 7.11 Å². The topological polar surface area (TPSA) is 29.5 Å². The van der Waals surface area contributed by atoms with Crippen LogP contribution in [0, 0.1) is 0 Å². The smallest absolute Gasteiger partial charge is 0.182 e. The highest BCUT2D eigenvalue weighted by Crippen LogP contribution is 2.25. The van der Waals surface area contributed by atoms with Crippen molar-refractivity contribution in [1.29, 1.82) is 0 Å². The van der Waals surface area contributed by atoms with Gasteiger partial charge in [-0.05, 0) is 64.0 Å². The number of benzene rings is 1. The molecular weight excluding hydrogens is 226 g/mol. The zero-order valence-corrected chi connectivity index (χ0v) is 11.4. The molecule has 0 N–H and O–H groups in total. The van der Waals surface area contributed by atoms with Crippen LogP contribution in [0.3, 0.4) is 0 Å². The molecule has 0 spiro atoms. The second-order valence-corrected chi connectivity index (χ2v) is 5.31. The summed E-state index contributed by atoms with van der Waals surface area (Å²) in [5, 5.41) is 0. The molecule has 0 unspecified atom stereocenters. The van der Waals surface area contributed by atoms with E-state index in [2.05, 4.69) is 4.90 Å². The van der Waals surface area contributed by atoms with Crippen LogP contribution in [0.4, 0.5) is 0 Å². The van der Waals surface area contributed by atoms with E-state index in [1.807, 2.05) is 38.1 Å². The van der Waals surface area contributed by atoms with E-state index in [9.17, 15) is 4.79 Å². The number of methoxy groups -OCH3 is 1. The van der Waals surface area contributed by atoms with Gasteiger partial charge in [-0.3, -0.25) is 9.69 Å². The predicted octanol–water partition coefficient (Wildman–Crippen LogP) is 2.75. The molecule has 1 saturated heterocycles. The van der Waals surface area contributed by atoms with Gasteiger partial charge in [-0.1, -0.05) is 0 Å².